The monoisotopic (exact) mass is 598 g/mol. The molecule has 0 saturated heterocycles. The van der Waals surface area contributed by atoms with Crippen molar-refractivity contribution in [2.24, 2.45) is 11.8 Å². The summed E-state index contributed by atoms with van der Waals surface area (Å²) in [6, 6.07) is 9.06. The largest absolute Gasteiger partial charge is 0.203 e. The Labute approximate surface area is 251 Å². The van der Waals surface area contributed by atoms with E-state index in [0.29, 0.717) is 55.1 Å². The smallest absolute Gasteiger partial charge is 0.167 e. The van der Waals surface area contributed by atoms with Crippen LogP contribution in [0.1, 0.15) is 106 Å². The molecule has 5 rings (SSSR count). The van der Waals surface area contributed by atoms with Crippen LogP contribution in [0.5, 0.6) is 0 Å². The molecule has 3 aromatic carbocycles. The van der Waals surface area contributed by atoms with Gasteiger partial charge in [-0.2, -0.15) is 0 Å². The highest BCUT2D eigenvalue weighted by atomic mass is 19.2. The van der Waals surface area contributed by atoms with Crippen molar-refractivity contribution in [2.45, 2.75) is 96.8 Å². The molecule has 0 aliphatic heterocycles. The number of aryl methyl sites for hydroxylation is 2. The van der Waals surface area contributed by atoms with Gasteiger partial charge in [-0.05, 0) is 104 Å². The SMILES string of the molecule is CCCCCc1ccc(-c2ccc(C3CCC(C4CC=C(c5ccc(CC)c(F)c5F)CC4)CC3)c(F)c2F)c(F)c1F. The molecular formula is C37H40F6. The van der Waals surface area contributed by atoms with E-state index >= 15 is 8.78 Å². The van der Waals surface area contributed by atoms with Crippen LogP contribution in [0.15, 0.2) is 42.5 Å². The molecule has 1 unspecified atom stereocenters. The lowest BCUT2D eigenvalue weighted by atomic mass is 9.69. The van der Waals surface area contributed by atoms with Gasteiger partial charge in [-0.1, -0.05) is 69.2 Å². The summed E-state index contributed by atoms with van der Waals surface area (Å²) < 4.78 is 89.3. The zero-order valence-electron chi connectivity index (χ0n) is 25.0. The van der Waals surface area contributed by atoms with E-state index in [1.807, 2.05) is 13.0 Å². The maximum absolute atomic E-state index is 15.4. The molecule has 0 amide bonds. The molecule has 6 heteroatoms. The molecule has 0 radical (unpaired) electrons. The Morgan fingerprint density at radius 3 is 1.84 bits per heavy atom. The number of halogens is 6. The first kappa shape index (κ1) is 31.4. The molecule has 0 bridgehead atoms. The van der Waals surface area contributed by atoms with Gasteiger partial charge in [0.05, 0.1) is 0 Å². The highest BCUT2D eigenvalue weighted by molar-refractivity contribution is 5.68. The van der Waals surface area contributed by atoms with E-state index in [1.54, 1.807) is 19.1 Å². The zero-order chi connectivity index (χ0) is 30.7. The van der Waals surface area contributed by atoms with Crippen LogP contribution in [0.3, 0.4) is 0 Å². The highest BCUT2D eigenvalue weighted by Crippen LogP contribution is 2.45. The summed E-state index contributed by atoms with van der Waals surface area (Å²) in [7, 11) is 0. The fraction of sp³-hybridized carbons (Fsp3) is 0.459. The maximum Gasteiger partial charge on any atom is 0.167 e. The van der Waals surface area contributed by atoms with Crippen molar-refractivity contribution in [3.8, 4) is 11.1 Å². The second-order valence-electron chi connectivity index (χ2n) is 12.3. The average Bonchev–Trinajstić information content (AvgIpc) is 3.03. The van der Waals surface area contributed by atoms with Crippen molar-refractivity contribution in [2.75, 3.05) is 0 Å². The first-order valence-corrected chi connectivity index (χ1v) is 15.9. The molecule has 1 saturated carbocycles. The van der Waals surface area contributed by atoms with Gasteiger partial charge in [0.25, 0.3) is 0 Å². The predicted octanol–water partition coefficient (Wildman–Crippen LogP) is 11.6. The second kappa shape index (κ2) is 13.7. The lowest BCUT2D eigenvalue weighted by molar-refractivity contribution is 0.219. The Morgan fingerprint density at radius 1 is 0.581 bits per heavy atom. The number of allylic oxidation sites excluding steroid dienone is 2. The second-order valence-corrected chi connectivity index (χ2v) is 12.3. The van der Waals surface area contributed by atoms with Gasteiger partial charge >= 0.3 is 0 Å². The molecule has 2 aliphatic carbocycles. The van der Waals surface area contributed by atoms with Crippen LogP contribution < -0.4 is 0 Å². The molecule has 0 N–H and O–H groups in total. The summed E-state index contributed by atoms with van der Waals surface area (Å²) in [5.41, 5.74) is 1.59. The van der Waals surface area contributed by atoms with Crippen LogP contribution in [-0.2, 0) is 12.8 Å². The summed E-state index contributed by atoms with van der Waals surface area (Å²) in [4.78, 5) is 0. The van der Waals surface area contributed by atoms with Gasteiger partial charge in [0.1, 0.15) is 0 Å². The van der Waals surface area contributed by atoms with Crippen LogP contribution in [-0.4, -0.2) is 0 Å². The summed E-state index contributed by atoms with van der Waals surface area (Å²) in [5.74, 6) is -5.09. The van der Waals surface area contributed by atoms with Crippen LogP contribution in [0.25, 0.3) is 16.7 Å². The van der Waals surface area contributed by atoms with E-state index in [4.69, 9.17) is 0 Å². The van der Waals surface area contributed by atoms with Gasteiger partial charge in [0, 0.05) is 16.7 Å². The van der Waals surface area contributed by atoms with E-state index < -0.39 is 34.9 Å². The first-order chi connectivity index (χ1) is 20.7. The van der Waals surface area contributed by atoms with Crippen LogP contribution >= 0.6 is 0 Å². The van der Waals surface area contributed by atoms with Gasteiger partial charge in [-0.3, -0.25) is 0 Å². The van der Waals surface area contributed by atoms with Gasteiger partial charge in [0.2, 0.25) is 0 Å². The molecule has 2 aliphatic rings. The van der Waals surface area contributed by atoms with Crippen molar-refractivity contribution in [3.63, 3.8) is 0 Å². The standard InChI is InChI=1S/C37H40F6/c1-3-5-6-7-27-17-19-30(36(42)33(27)39)31-21-20-29(35(41)37(31)43)26-14-10-24(11-15-26)23-8-12-25(13-9-23)28-18-16-22(4-2)32(38)34(28)40/h12,16-21,23-24,26H,3-11,13-15H2,1-2H3. The van der Waals surface area contributed by atoms with Crippen molar-refractivity contribution < 1.29 is 26.3 Å². The fourth-order valence-electron chi connectivity index (χ4n) is 7.18. The maximum atomic E-state index is 15.4. The third-order valence-electron chi connectivity index (χ3n) is 9.83. The molecular weight excluding hydrogens is 558 g/mol. The van der Waals surface area contributed by atoms with Gasteiger partial charge < -0.3 is 0 Å². The van der Waals surface area contributed by atoms with Crippen LogP contribution in [0.4, 0.5) is 26.3 Å². The summed E-state index contributed by atoms with van der Waals surface area (Å²) in [6.07, 6.45) is 11.0. The lowest BCUT2D eigenvalue weighted by Gasteiger charge is -2.36. The van der Waals surface area contributed by atoms with Crippen molar-refractivity contribution in [1.29, 1.82) is 0 Å². The molecule has 1 fully saturated rings. The summed E-state index contributed by atoms with van der Waals surface area (Å²) >= 11 is 0. The van der Waals surface area contributed by atoms with E-state index in [9.17, 15) is 17.6 Å². The van der Waals surface area contributed by atoms with Gasteiger partial charge in [-0.25, -0.2) is 26.3 Å². The van der Waals surface area contributed by atoms with Crippen molar-refractivity contribution in [3.05, 3.63) is 99.6 Å². The lowest BCUT2D eigenvalue weighted by Crippen LogP contribution is -2.23. The van der Waals surface area contributed by atoms with E-state index in [0.717, 1.165) is 50.5 Å². The molecule has 43 heavy (non-hydrogen) atoms. The van der Waals surface area contributed by atoms with E-state index in [-0.39, 0.29) is 28.2 Å². The topological polar surface area (TPSA) is 0 Å². The Kier molecular flexibility index (Phi) is 10.0. The van der Waals surface area contributed by atoms with E-state index in [1.165, 1.54) is 24.3 Å². The van der Waals surface area contributed by atoms with Crippen molar-refractivity contribution >= 4 is 5.57 Å². The summed E-state index contributed by atoms with van der Waals surface area (Å²) in [6.45, 7) is 3.83. The molecule has 230 valence electrons. The van der Waals surface area contributed by atoms with Crippen LogP contribution in [0, 0.1) is 46.7 Å². The molecule has 1 atom stereocenters. The molecule has 3 aromatic rings. The predicted molar refractivity (Wildman–Crippen MR) is 161 cm³/mol. The molecule has 0 aromatic heterocycles. The first-order valence-electron chi connectivity index (χ1n) is 15.9. The number of hydrogen-bond donors (Lipinski definition) is 0. The number of rotatable bonds is 9. The Morgan fingerprint density at radius 2 is 1.19 bits per heavy atom. The number of hydrogen-bond acceptors (Lipinski definition) is 0. The fourth-order valence-corrected chi connectivity index (χ4v) is 7.18. The number of unbranched alkanes of at least 4 members (excludes halogenated alkanes) is 2. The third-order valence-corrected chi connectivity index (χ3v) is 9.83. The normalized spacial score (nSPS) is 20.7. The minimum absolute atomic E-state index is 0.147. The van der Waals surface area contributed by atoms with Gasteiger partial charge in [-0.15, -0.1) is 0 Å². The molecule has 0 spiro atoms. The van der Waals surface area contributed by atoms with Gasteiger partial charge in [0.15, 0.2) is 34.9 Å². The zero-order valence-corrected chi connectivity index (χ0v) is 25.0. The Hall–Kier alpha value is -3.02. The summed E-state index contributed by atoms with van der Waals surface area (Å²) in [5, 5.41) is 0. The van der Waals surface area contributed by atoms with Crippen LogP contribution in [0.2, 0.25) is 0 Å². The quantitative estimate of drug-likeness (QED) is 0.170. The minimum atomic E-state index is -1.14. The Bertz CT molecular complexity index is 1480. The van der Waals surface area contributed by atoms with E-state index in [2.05, 4.69) is 0 Å². The molecule has 0 nitrogen and oxygen atoms in total. The van der Waals surface area contributed by atoms with Crippen molar-refractivity contribution in [1.82, 2.24) is 0 Å². The number of benzene rings is 3. The highest BCUT2D eigenvalue weighted by Gasteiger charge is 2.32. The minimum Gasteiger partial charge on any atom is -0.203 e. The average molecular weight is 599 g/mol. The third kappa shape index (κ3) is 6.44. The molecule has 0 heterocycles. The Balaban J connectivity index is 1.23.